The van der Waals surface area contributed by atoms with E-state index in [-0.39, 0.29) is 0 Å². The predicted molar refractivity (Wildman–Crippen MR) is 73.8 cm³/mol. The first-order valence-electron chi connectivity index (χ1n) is 5.66. The maximum absolute atomic E-state index is 4.49. The van der Waals surface area contributed by atoms with Crippen molar-refractivity contribution in [2.45, 2.75) is 19.9 Å². The number of imidazole rings is 1. The molecule has 2 heterocycles. The van der Waals surface area contributed by atoms with E-state index in [1.165, 1.54) is 4.88 Å². The lowest BCUT2D eigenvalue weighted by molar-refractivity contribution is 0.655. The molecular formula is C13H17N3S. The first-order chi connectivity index (χ1) is 8.22. The Hall–Kier alpha value is -1.55. The molecule has 90 valence electrons. The minimum absolute atomic E-state index is 0.309. The summed E-state index contributed by atoms with van der Waals surface area (Å²) in [7, 11) is 0. The van der Waals surface area contributed by atoms with Crippen molar-refractivity contribution in [2.24, 2.45) is 0 Å². The molecule has 1 atom stereocenters. The summed E-state index contributed by atoms with van der Waals surface area (Å²) in [6.07, 6.45) is 3.92. The first-order valence-corrected chi connectivity index (χ1v) is 6.54. The Morgan fingerprint density at radius 1 is 1.65 bits per heavy atom. The summed E-state index contributed by atoms with van der Waals surface area (Å²) in [6.45, 7) is 8.64. The molecule has 1 N–H and O–H groups in total. The topological polar surface area (TPSA) is 29.9 Å². The predicted octanol–water partition coefficient (Wildman–Crippen LogP) is 3.46. The summed E-state index contributed by atoms with van der Waals surface area (Å²) in [5.41, 5.74) is 1.03. The summed E-state index contributed by atoms with van der Waals surface area (Å²) in [5, 5.41) is 5.37. The Labute approximate surface area is 106 Å². The maximum Gasteiger partial charge on any atom is 0.203 e. The number of aryl methyl sites for hydroxylation is 1. The molecule has 0 saturated heterocycles. The van der Waals surface area contributed by atoms with Crippen LogP contribution in [-0.2, 0) is 0 Å². The van der Waals surface area contributed by atoms with Crippen molar-refractivity contribution in [1.82, 2.24) is 9.55 Å². The van der Waals surface area contributed by atoms with Crippen LogP contribution in [0.5, 0.6) is 0 Å². The van der Waals surface area contributed by atoms with E-state index < -0.39 is 0 Å². The SMILES string of the molecule is C=CCNc1nc(C)cn1C(C)c1cccs1. The van der Waals surface area contributed by atoms with Crippen LogP contribution in [0.3, 0.4) is 0 Å². The molecule has 2 aromatic heterocycles. The van der Waals surface area contributed by atoms with Crippen molar-refractivity contribution in [3.05, 3.63) is 46.9 Å². The molecule has 1 unspecified atom stereocenters. The molecule has 0 aliphatic carbocycles. The first kappa shape index (κ1) is 11.9. The Balaban J connectivity index is 2.27. The Morgan fingerprint density at radius 3 is 3.12 bits per heavy atom. The molecule has 0 radical (unpaired) electrons. The van der Waals surface area contributed by atoms with Gasteiger partial charge in [0.25, 0.3) is 0 Å². The number of rotatable bonds is 5. The summed E-state index contributed by atoms with van der Waals surface area (Å²) in [4.78, 5) is 5.82. The van der Waals surface area contributed by atoms with E-state index in [2.05, 4.69) is 52.1 Å². The van der Waals surface area contributed by atoms with Crippen molar-refractivity contribution in [3.63, 3.8) is 0 Å². The average molecular weight is 247 g/mol. The number of nitrogens with one attached hydrogen (secondary N) is 1. The van der Waals surface area contributed by atoms with Gasteiger partial charge in [-0.05, 0) is 25.3 Å². The van der Waals surface area contributed by atoms with Crippen LogP contribution in [0.1, 0.15) is 23.5 Å². The molecule has 0 bridgehead atoms. The van der Waals surface area contributed by atoms with E-state index in [0.29, 0.717) is 6.04 Å². The monoisotopic (exact) mass is 247 g/mol. The van der Waals surface area contributed by atoms with Gasteiger partial charge in [0.2, 0.25) is 5.95 Å². The quantitative estimate of drug-likeness (QED) is 0.820. The van der Waals surface area contributed by atoms with E-state index >= 15 is 0 Å². The fourth-order valence-corrected chi connectivity index (χ4v) is 2.55. The van der Waals surface area contributed by atoms with Gasteiger partial charge >= 0.3 is 0 Å². The van der Waals surface area contributed by atoms with E-state index in [1.54, 1.807) is 11.3 Å². The molecule has 2 aromatic rings. The summed E-state index contributed by atoms with van der Waals surface area (Å²) >= 11 is 1.77. The highest BCUT2D eigenvalue weighted by Crippen LogP contribution is 2.26. The third-order valence-corrected chi connectivity index (χ3v) is 3.67. The molecule has 0 spiro atoms. The van der Waals surface area contributed by atoms with E-state index in [0.717, 1.165) is 18.2 Å². The second-order valence-electron chi connectivity index (χ2n) is 3.97. The van der Waals surface area contributed by atoms with Crippen molar-refractivity contribution < 1.29 is 0 Å². The van der Waals surface area contributed by atoms with Gasteiger partial charge in [0, 0.05) is 17.6 Å². The van der Waals surface area contributed by atoms with Gasteiger partial charge in [-0.15, -0.1) is 17.9 Å². The third-order valence-electron chi connectivity index (χ3n) is 2.63. The highest BCUT2D eigenvalue weighted by atomic mass is 32.1. The zero-order valence-corrected chi connectivity index (χ0v) is 11.0. The van der Waals surface area contributed by atoms with Crippen LogP contribution in [0.25, 0.3) is 0 Å². The van der Waals surface area contributed by atoms with Crippen molar-refractivity contribution >= 4 is 17.3 Å². The summed E-state index contributed by atoms with van der Waals surface area (Å²) in [6, 6.07) is 4.54. The minimum atomic E-state index is 0.309. The smallest absolute Gasteiger partial charge is 0.203 e. The minimum Gasteiger partial charge on any atom is -0.352 e. The van der Waals surface area contributed by atoms with Gasteiger partial charge in [-0.2, -0.15) is 0 Å². The molecule has 0 aliphatic rings. The fraction of sp³-hybridized carbons (Fsp3) is 0.308. The van der Waals surface area contributed by atoms with Crippen LogP contribution in [0.2, 0.25) is 0 Å². The molecule has 2 rings (SSSR count). The standard InChI is InChI=1S/C13H17N3S/c1-4-7-14-13-15-10(2)9-16(13)11(3)12-6-5-8-17-12/h4-6,8-9,11H,1,7H2,2-3H3,(H,14,15). The number of thiophene rings is 1. The van der Waals surface area contributed by atoms with Crippen molar-refractivity contribution in [1.29, 1.82) is 0 Å². The number of anilines is 1. The van der Waals surface area contributed by atoms with Crippen LogP contribution in [0.4, 0.5) is 5.95 Å². The van der Waals surface area contributed by atoms with Crippen LogP contribution >= 0.6 is 11.3 Å². The van der Waals surface area contributed by atoms with Crippen LogP contribution in [0.15, 0.2) is 36.4 Å². The molecule has 0 aliphatic heterocycles. The molecule has 0 saturated carbocycles. The van der Waals surface area contributed by atoms with Crippen LogP contribution < -0.4 is 5.32 Å². The molecular weight excluding hydrogens is 230 g/mol. The zero-order valence-electron chi connectivity index (χ0n) is 10.2. The van der Waals surface area contributed by atoms with Crippen LogP contribution in [-0.4, -0.2) is 16.1 Å². The van der Waals surface area contributed by atoms with E-state index in [4.69, 9.17) is 0 Å². The zero-order chi connectivity index (χ0) is 12.3. The van der Waals surface area contributed by atoms with Gasteiger partial charge in [-0.3, -0.25) is 0 Å². The largest absolute Gasteiger partial charge is 0.352 e. The highest BCUT2D eigenvalue weighted by molar-refractivity contribution is 7.10. The lowest BCUT2D eigenvalue weighted by atomic mass is 10.3. The fourth-order valence-electron chi connectivity index (χ4n) is 1.77. The lowest BCUT2D eigenvalue weighted by Crippen LogP contribution is -2.10. The second kappa shape index (κ2) is 5.19. The molecule has 4 heteroatoms. The number of aromatic nitrogens is 2. The maximum atomic E-state index is 4.49. The van der Waals surface area contributed by atoms with Gasteiger partial charge in [-0.25, -0.2) is 4.98 Å². The summed E-state index contributed by atoms with van der Waals surface area (Å²) < 4.78 is 2.17. The van der Waals surface area contributed by atoms with Gasteiger partial charge in [0.05, 0.1) is 11.7 Å². The molecule has 0 fully saturated rings. The van der Waals surface area contributed by atoms with Gasteiger partial charge in [0.15, 0.2) is 0 Å². The Kier molecular flexibility index (Phi) is 3.64. The Bertz CT molecular complexity index is 485. The average Bonchev–Trinajstić information content (AvgIpc) is 2.94. The molecule has 3 nitrogen and oxygen atoms in total. The third kappa shape index (κ3) is 2.58. The molecule has 0 amide bonds. The van der Waals surface area contributed by atoms with Gasteiger partial charge in [-0.1, -0.05) is 12.1 Å². The lowest BCUT2D eigenvalue weighted by Gasteiger charge is -2.15. The normalized spacial score (nSPS) is 12.4. The number of hydrogen-bond donors (Lipinski definition) is 1. The summed E-state index contributed by atoms with van der Waals surface area (Å²) in [5.74, 6) is 0.906. The van der Waals surface area contributed by atoms with Crippen LogP contribution in [0, 0.1) is 6.92 Å². The van der Waals surface area contributed by atoms with Gasteiger partial charge < -0.3 is 9.88 Å². The van der Waals surface area contributed by atoms with Gasteiger partial charge in [0.1, 0.15) is 0 Å². The highest BCUT2D eigenvalue weighted by Gasteiger charge is 2.13. The second-order valence-corrected chi connectivity index (χ2v) is 4.95. The number of hydrogen-bond acceptors (Lipinski definition) is 3. The van der Waals surface area contributed by atoms with E-state index in [9.17, 15) is 0 Å². The number of nitrogens with zero attached hydrogens (tertiary/aromatic N) is 2. The Morgan fingerprint density at radius 2 is 2.47 bits per heavy atom. The van der Waals surface area contributed by atoms with Crippen molar-refractivity contribution in [2.75, 3.05) is 11.9 Å². The molecule has 17 heavy (non-hydrogen) atoms. The van der Waals surface area contributed by atoms with Crippen molar-refractivity contribution in [3.8, 4) is 0 Å². The molecule has 0 aromatic carbocycles. The van der Waals surface area contributed by atoms with E-state index in [1.807, 2.05) is 13.0 Å².